The standard InChI is InChI=1S/C9H16N2O5S2/c1-2-17(12,13)10-5-7-18(14,15)11-8-9-4-3-6-16-9/h3-4,6,10-11H,2,5,7-8H2,1H3. The van der Waals surface area contributed by atoms with Crippen LogP contribution in [0.3, 0.4) is 0 Å². The van der Waals surface area contributed by atoms with E-state index in [0.29, 0.717) is 5.76 Å². The molecule has 0 aliphatic heterocycles. The minimum atomic E-state index is -3.53. The molecule has 0 amide bonds. The van der Waals surface area contributed by atoms with E-state index in [2.05, 4.69) is 9.44 Å². The quantitative estimate of drug-likeness (QED) is 0.681. The van der Waals surface area contributed by atoms with E-state index in [1.165, 1.54) is 13.2 Å². The molecule has 0 aromatic carbocycles. The zero-order valence-corrected chi connectivity index (χ0v) is 11.6. The smallest absolute Gasteiger partial charge is 0.213 e. The molecule has 0 spiro atoms. The highest BCUT2D eigenvalue weighted by atomic mass is 32.2. The highest BCUT2D eigenvalue weighted by Crippen LogP contribution is 1.99. The molecular weight excluding hydrogens is 280 g/mol. The van der Waals surface area contributed by atoms with Crippen molar-refractivity contribution in [1.82, 2.24) is 9.44 Å². The van der Waals surface area contributed by atoms with Gasteiger partial charge in [0.1, 0.15) is 5.76 Å². The molecule has 0 aliphatic carbocycles. The minimum absolute atomic E-state index is 0.0514. The Morgan fingerprint density at radius 2 is 1.89 bits per heavy atom. The van der Waals surface area contributed by atoms with Crippen LogP contribution in [-0.4, -0.2) is 34.9 Å². The molecule has 18 heavy (non-hydrogen) atoms. The van der Waals surface area contributed by atoms with Crippen molar-refractivity contribution < 1.29 is 21.3 Å². The number of nitrogens with one attached hydrogen (secondary N) is 2. The van der Waals surface area contributed by atoms with E-state index in [4.69, 9.17) is 4.42 Å². The normalized spacial score (nSPS) is 12.7. The van der Waals surface area contributed by atoms with E-state index in [9.17, 15) is 16.8 Å². The van der Waals surface area contributed by atoms with Crippen LogP contribution >= 0.6 is 0 Å². The summed E-state index contributed by atoms with van der Waals surface area (Å²) >= 11 is 0. The second-order valence-electron chi connectivity index (χ2n) is 3.52. The van der Waals surface area contributed by atoms with Crippen LogP contribution in [0.5, 0.6) is 0 Å². The first-order valence-corrected chi connectivity index (χ1v) is 8.62. The number of hydrogen-bond acceptors (Lipinski definition) is 5. The van der Waals surface area contributed by atoms with Gasteiger partial charge in [0.2, 0.25) is 20.0 Å². The highest BCUT2D eigenvalue weighted by molar-refractivity contribution is 7.90. The van der Waals surface area contributed by atoms with Crippen molar-refractivity contribution in [2.75, 3.05) is 18.1 Å². The fourth-order valence-electron chi connectivity index (χ4n) is 1.10. The molecule has 9 heteroatoms. The van der Waals surface area contributed by atoms with Crippen LogP contribution in [0.25, 0.3) is 0 Å². The second-order valence-corrected chi connectivity index (χ2v) is 7.54. The first kappa shape index (κ1) is 15.2. The Morgan fingerprint density at radius 1 is 1.17 bits per heavy atom. The van der Waals surface area contributed by atoms with E-state index in [1.807, 2.05) is 0 Å². The average Bonchev–Trinajstić information content (AvgIpc) is 2.79. The molecule has 1 aromatic rings. The second kappa shape index (κ2) is 6.32. The SMILES string of the molecule is CCS(=O)(=O)NCCS(=O)(=O)NCc1ccco1. The van der Waals surface area contributed by atoms with Gasteiger partial charge < -0.3 is 4.42 Å². The van der Waals surface area contributed by atoms with Crippen molar-refractivity contribution in [3.05, 3.63) is 24.2 Å². The van der Waals surface area contributed by atoms with Gasteiger partial charge >= 0.3 is 0 Å². The first-order valence-electron chi connectivity index (χ1n) is 5.32. The third kappa shape index (κ3) is 5.63. The average molecular weight is 296 g/mol. The number of hydrogen-bond donors (Lipinski definition) is 2. The van der Waals surface area contributed by atoms with Gasteiger partial charge in [-0.05, 0) is 19.1 Å². The summed E-state index contributed by atoms with van der Waals surface area (Å²) in [5.74, 6) is 0.104. The summed E-state index contributed by atoms with van der Waals surface area (Å²) in [5.41, 5.74) is 0. The summed E-state index contributed by atoms with van der Waals surface area (Å²) < 4.78 is 54.7. The molecule has 7 nitrogen and oxygen atoms in total. The topological polar surface area (TPSA) is 105 Å². The highest BCUT2D eigenvalue weighted by Gasteiger charge is 2.13. The molecule has 0 fully saturated rings. The maximum Gasteiger partial charge on any atom is 0.213 e. The van der Waals surface area contributed by atoms with Gasteiger partial charge in [-0.15, -0.1) is 0 Å². The van der Waals surface area contributed by atoms with Crippen LogP contribution in [0.2, 0.25) is 0 Å². The Hall–Kier alpha value is -0.900. The third-order valence-corrected chi connectivity index (χ3v) is 4.85. The van der Waals surface area contributed by atoms with Crippen LogP contribution in [0.15, 0.2) is 22.8 Å². The molecule has 104 valence electrons. The molecule has 0 radical (unpaired) electrons. The minimum Gasteiger partial charge on any atom is -0.468 e. The number of furan rings is 1. The fraction of sp³-hybridized carbons (Fsp3) is 0.556. The van der Waals surface area contributed by atoms with Gasteiger partial charge in [0.05, 0.1) is 24.3 Å². The van der Waals surface area contributed by atoms with Crippen LogP contribution in [0, 0.1) is 0 Å². The molecule has 0 bridgehead atoms. The predicted molar refractivity (Wildman–Crippen MR) is 66.8 cm³/mol. The summed E-state index contributed by atoms with van der Waals surface area (Å²) in [5, 5.41) is 0. The number of rotatable bonds is 8. The van der Waals surface area contributed by atoms with Gasteiger partial charge in [-0.1, -0.05) is 0 Å². The largest absolute Gasteiger partial charge is 0.468 e. The maximum absolute atomic E-state index is 11.5. The Bertz CT molecular complexity index is 548. The molecule has 0 unspecified atom stereocenters. The lowest BCUT2D eigenvalue weighted by Gasteiger charge is -2.06. The molecule has 1 aromatic heterocycles. The van der Waals surface area contributed by atoms with Gasteiger partial charge in [-0.2, -0.15) is 0 Å². The lowest BCUT2D eigenvalue weighted by molar-refractivity contribution is 0.498. The molecule has 0 saturated carbocycles. The molecule has 0 atom stereocenters. The van der Waals surface area contributed by atoms with E-state index in [-0.39, 0.29) is 24.6 Å². The number of sulfonamides is 2. The molecule has 1 heterocycles. The monoisotopic (exact) mass is 296 g/mol. The van der Waals surface area contributed by atoms with Crippen molar-refractivity contribution >= 4 is 20.0 Å². The van der Waals surface area contributed by atoms with E-state index in [1.54, 1.807) is 12.1 Å². The Balaban J connectivity index is 2.36. The van der Waals surface area contributed by atoms with Gasteiger partial charge in [-0.25, -0.2) is 26.3 Å². The van der Waals surface area contributed by atoms with Crippen molar-refractivity contribution in [3.8, 4) is 0 Å². The Kier molecular flexibility index (Phi) is 5.32. The summed E-state index contributed by atoms with van der Waals surface area (Å²) in [6, 6.07) is 3.29. The van der Waals surface area contributed by atoms with Gasteiger partial charge in [0.15, 0.2) is 0 Å². The van der Waals surface area contributed by atoms with Crippen LogP contribution in [0.1, 0.15) is 12.7 Å². The zero-order chi connectivity index (χ0) is 13.6. The van der Waals surface area contributed by atoms with Crippen molar-refractivity contribution in [3.63, 3.8) is 0 Å². The van der Waals surface area contributed by atoms with Crippen molar-refractivity contribution in [1.29, 1.82) is 0 Å². The third-order valence-electron chi connectivity index (χ3n) is 2.12. The van der Waals surface area contributed by atoms with Crippen molar-refractivity contribution in [2.45, 2.75) is 13.5 Å². The molecule has 1 rings (SSSR count). The van der Waals surface area contributed by atoms with E-state index >= 15 is 0 Å². The van der Waals surface area contributed by atoms with E-state index in [0.717, 1.165) is 0 Å². The van der Waals surface area contributed by atoms with Crippen LogP contribution in [-0.2, 0) is 26.6 Å². The Labute approximate surface area is 107 Å². The summed E-state index contributed by atoms with van der Waals surface area (Å²) in [7, 11) is -6.89. The van der Waals surface area contributed by atoms with Crippen LogP contribution < -0.4 is 9.44 Å². The van der Waals surface area contributed by atoms with Gasteiger partial charge in [0.25, 0.3) is 0 Å². The van der Waals surface area contributed by atoms with Crippen molar-refractivity contribution in [2.24, 2.45) is 0 Å². The summed E-state index contributed by atoms with van der Waals surface area (Å²) in [6.07, 6.45) is 1.44. The lowest BCUT2D eigenvalue weighted by Crippen LogP contribution is -2.34. The molecule has 2 N–H and O–H groups in total. The fourth-order valence-corrected chi connectivity index (χ4v) is 2.72. The molecular formula is C9H16N2O5S2. The lowest BCUT2D eigenvalue weighted by atomic mass is 10.5. The Morgan fingerprint density at radius 3 is 2.44 bits per heavy atom. The maximum atomic E-state index is 11.5. The summed E-state index contributed by atoms with van der Waals surface area (Å²) in [6.45, 7) is 1.38. The van der Waals surface area contributed by atoms with Gasteiger partial charge in [-0.3, -0.25) is 0 Å². The molecule has 0 saturated heterocycles. The summed E-state index contributed by atoms with van der Waals surface area (Å²) in [4.78, 5) is 0. The zero-order valence-electron chi connectivity index (χ0n) is 9.92. The molecule has 0 aliphatic rings. The first-order chi connectivity index (χ1) is 8.35. The van der Waals surface area contributed by atoms with Gasteiger partial charge in [0, 0.05) is 6.54 Å². The van der Waals surface area contributed by atoms with E-state index < -0.39 is 20.0 Å². The van der Waals surface area contributed by atoms with Crippen LogP contribution in [0.4, 0.5) is 0 Å². The predicted octanol–water partition coefficient (Wildman–Crippen LogP) is -0.362.